The first-order valence-electron chi connectivity index (χ1n) is 6.08. The third-order valence-electron chi connectivity index (χ3n) is 2.43. The summed E-state index contributed by atoms with van der Waals surface area (Å²) >= 11 is 0. The van der Waals surface area contributed by atoms with Crippen molar-refractivity contribution in [1.29, 1.82) is 0 Å². The molecule has 18 heavy (non-hydrogen) atoms. The third-order valence-corrected chi connectivity index (χ3v) is 2.43. The fourth-order valence-corrected chi connectivity index (χ4v) is 1.38. The number of rotatable bonds is 5. The van der Waals surface area contributed by atoms with Crippen molar-refractivity contribution in [1.82, 2.24) is 0 Å². The van der Waals surface area contributed by atoms with Crippen molar-refractivity contribution in [3.63, 3.8) is 0 Å². The second-order valence-corrected chi connectivity index (χ2v) is 4.84. The Morgan fingerprint density at radius 3 is 2.67 bits per heavy atom. The highest BCUT2D eigenvalue weighted by Gasteiger charge is 2.15. The Morgan fingerprint density at radius 2 is 2.06 bits per heavy atom. The lowest BCUT2D eigenvalue weighted by molar-refractivity contribution is -0.126. The molecule has 0 bridgehead atoms. The number of carbonyl (C=O) groups excluding carboxylic acids is 1. The molecule has 0 saturated heterocycles. The molecule has 0 spiro atoms. The summed E-state index contributed by atoms with van der Waals surface area (Å²) in [5.41, 5.74) is 1.09. The molecule has 0 fully saturated rings. The summed E-state index contributed by atoms with van der Waals surface area (Å²) in [6.07, 6.45) is -0.590. The fraction of sp³-hybridized carbons (Fsp3) is 0.500. The van der Waals surface area contributed by atoms with Crippen LogP contribution in [0.15, 0.2) is 18.2 Å². The molecular formula is C14H20FNO2. The van der Waals surface area contributed by atoms with Crippen LogP contribution in [0.25, 0.3) is 0 Å². The van der Waals surface area contributed by atoms with Crippen molar-refractivity contribution in [2.75, 3.05) is 11.9 Å². The van der Waals surface area contributed by atoms with E-state index in [9.17, 15) is 9.18 Å². The van der Waals surface area contributed by atoms with Crippen molar-refractivity contribution in [3.8, 4) is 0 Å². The van der Waals surface area contributed by atoms with E-state index in [4.69, 9.17) is 4.74 Å². The molecular weight excluding hydrogens is 233 g/mol. The highest BCUT2D eigenvalue weighted by molar-refractivity contribution is 5.94. The standard InChI is InChI=1S/C14H20FNO2/c1-9(2)8-18-11(4)14(17)16-13-7-10(3)5-6-12(13)15/h5-7,9,11H,8H2,1-4H3,(H,16,17)/t11-/m0/s1. The maximum absolute atomic E-state index is 13.5. The van der Waals surface area contributed by atoms with Crippen LogP contribution in [0, 0.1) is 18.7 Å². The van der Waals surface area contributed by atoms with Gasteiger partial charge in [0.2, 0.25) is 0 Å². The minimum absolute atomic E-state index is 0.194. The maximum atomic E-state index is 13.5. The SMILES string of the molecule is Cc1ccc(F)c(NC(=O)[C@H](C)OCC(C)C)c1. The Labute approximate surface area is 107 Å². The van der Waals surface area contributed by atoms with Gasteiger partial charge in [0.1, 0.15) is 11.9 Å². The molecule has 0 saturated carbocycles. The number of hydrogen-bond donors (Lipinski definition) is 1. The highest BCUT2D eigenvalue weighted by atomic mass is 19.1. The molecule has 0 unspecified atom stereocenters. The lowest BCUT2D eigenvalue weighted by atomic mass is 10.2. The third kappa shape index (κ3) is 4.45. The summed E-state index contributed by atoms with van der Waals surface area (Å²) in [4.78, 5) is 11.8. The Hall–Kier alpha value is -1.42. The molecule has 4 heteroatoms. The molecule has 0 heterocycles. The minimum atomic E-state index is -0.590. The molecule has 1 N–H and O–H groups in total. The zero-order valence-corrected chi connectivity index (χ0v) is 11.3. The van der Waals surface area contributed by atoms with Gasteiger partial charge in [-0.1, -0.05) is 19.9 Å². The average molecular weight is 253 g/mol. The first-order valence-corrected chi connectivity index (χ1v) is 6.08. The van der Waals surface area contributed by atoms with E-state index >= 15 is 0 Å². The molecule has 1 aromatic rings. The summed E-state index contributed by atoms with van der Waals surface area (Å²) in [6, 6.07) is 4.59. The van der Waals surface area contributed by atoms with Crippen molar-refractivity contribution in [2.24, 2.45) is 5.92 Å². The van der Waals surface area contributed by atoms with Gasteiger partial charge in [-0.15, -0.1) is 0 Å². The van der Waals surface area contributed by atoms with Gasteiger partial charge in [-0.05, 0) is 37.5 Å². The molecule has 0 radical (unpaired) electrons. The Balaban J connectivity index is 2.61. The molecule has 1 atom stereocenters. The van der Waals surface area contributed by atoms with Crippen LogP contribution in [0.5, 0.6) is 0 Å². The maximum Gasteiger partial charge on any atom is 0.253 e. The van der Waals surface area contributed by atoms with Crippen LogP contribution < -0.4 is 5.32 Å². The molecule has 0 aliphatic carbocycles. The first-order chi connectivity index (χ1) is 8.40. The summed E-state index contributed by atoms with van der Waals surface area (Å²) in [6.45, 7) is 8.01. The quantitative estimate of drug-likeness (QED) is 0.875. The Bertz CT molecular complexity index is 418. The van der Waals surface area contributed by atoms with Crippen LogP contribution in [0.4, 0.5) is 10.1 Å². The lowest BCUT2D eigenvalue weighted by Crippen LogP contribution is -2.29. The Morgan fingerprint density at radius 1 is 1.39 bits per heavy atom. The van der Waals surface area contributed by atoms with E-state index in [-0.39, 0.29) is 11.6 Å². The smallest absolute Gasteiger partial charge is 0.253 e. The second kappa shape index (κ2) is 6.50. The average Bonchev–Trinajstić information content (AvgIpc) is 2.30. The van der Waals surface area contributed by atoms with Gasteiger partial charge in [-0.3, -0.25) is 4.79 Å². The number of nitrogens with one attached hydrogen (secondary N) is 1. The van der Waals surface area contributed by atoms with E-state index in [2.05, 4.69) is 5.32 Å². The van der Waals surface area contributed by atoms with Gasteiger partial charge in [0.15, 0.2) is 0 Å². The summed E-state index contributed by atoms with van der Waals surface area (Å²) in [5.74, 6) is -0.416. The summed E-state index contributed by atoms with van der Waals surface area (Å²) in [7, 11) is 0. The molecule has 1 rings (SSSR count). The van der Waals surface area contributed by atoms with Crippen LogP contribution in [0.1, 0.15) is 26.3 Å². The van der Waals surface area contributed by atoms with Gasteiger partial charge >= 0.3 is 0 Å². The van der Waals surface area contributed by atoms with E-state index in [0.717, 1.165) is 5.56 Å². The lowest BCUT2D eigenvalue weighted by Gasteiger charge is -2.15. The van der Waals surface area contributed by atoms with Gasteiger partial charge < -0.3 is 10.1 Å². The van der Waals surface area contributed by atoms with Crippen LogP contribution in [-0.4, -0.2) is 18.6 Å². The van der Waals surface area contributed by atoms with Gasteiger partial charge in [-0.25, -0.2) is 4.39 Å². The van der Waals surface area contributed by atoms with Crippen molar-refractivity contribution < 1.29 is 13.9 Å². The number of hydrogen-bond acceptors (Lipinski definition) is 2. The van der Waals surface area contributed by atoms with Gasteiger partial charge in [0.25, 0.3) is 5.91 Å². The van der Waals surface area contributed by atoms with Crippen LogP contribution in [0.3, 0.4) is 0 Å². The monoisotopic (exact) mass is 253 g/mol. The van der Waals surface area contributed by atoms with Crippen molar-refractivity contribution in [2.45, 2.75) is 33.8 Å². The normalized spacial score (nSPS) is 12.6. The fourth-order valence-electron chi connectivity index (χ4n) is 1.38. The molecule has 100 valence electrons. The van der Waals surface area contributed by atoms with Crippen LogP contribution in [0.2, 0.25) is 0 Å². The predicted molar refractivity (Wildman–Crippen MR) is 70.0 cm³/mol. The number of amides is 1. The highest BCUT2D eigenvalue weighted by Crippen LogP contribution is 2.16. The predicted octanol–water partition coefficient (Wildman–Crippen LogP) is 3.13. The van der Waals surface area contributed by atoms with Crippen molar-refractivity contribution in [3.05, 3.63) is 29.6 Å². The zero-order chi connectivity index (χ0) is 13.7. The molecule has 0 aromatic heterocycles. The van der Waals surface area contributed by atoms with E-state index in [1.54, 1.807) is 19.1 Å². The van der Waals surface area contributed by atoms with E-state index in [0.29, 0.717) is 12.5 Å². The number of benzene rings is 1. The summed E-state index contributed by atoms with van der Waals surface area (Å²) < 4.78 is 18.8. The number of aryl methyl sites for hydroxylation is 1. The van der Waals surface area contributed by atoms with Gasteiger partial charge in [-0.2, -0.15) is 0 Å². The van der Waals surface area contributed by atoms with E-state index < -0.39 is 11.9 Å². The number of anilines is 1. The molecule has 0 aliphatic rings. The van der Waals surface area contributed by atoms with E-state index in [1.165, 1.54) is 6.07 Å². The largest absolute Gasteiger partial charge is 0.368 e. The second-order valence-electron chi connectivity index (χ2n) is 4.84. The molecule has 1 amide bonds. The van der Waals surface area contributed by atoms with Crippen LogP contribution >= 0.6 is 0 Å². The Kier molecular flexibility index (Phi) is 5.28. The van der Waals surface area contributed by atoms with Crippen LogP contribution in [-0.2, 0) is 9.53 Å². The molecule has 3 nitrogen and oxygen atoms in total. The number of ether oxygens (including phenoxy) is 1. The molecule has 0 aliphatic heterocycles. The zero-order valence-electron chi connectivity index (χ0n) is 11.3. The minimum Gasteiger partial charge on any atom is -0.368 e. The summed E-state index contributed by atoms with van der Waals surface area (Å²) in [5, 5.41) is 2.54. The first kappa shape index (κ1) is 14.6. The molecule has 1 aromatic carbocycles. The van der Waals surface area contributed by atoms with Gasteiger partial charge in [0, 0.05) is 6.61 Å². The number of carbonyl (C=O) groups is 1. The van der Waals surface area contributed by atoms with E-state index in [1.807, 2.05) is 20.8 Å². The number of halogens is 1. The van der Waals surface area contributed by atoms with Gasteiger partial charge in [0.05, 0.1) is 5.69 Å². The van der Waals surface area contributed by atoms with Crippen molar-refractivity contribution >= 4 is 11.6 Å². The topological polar surface area (TPSA) is 38.3 Å².